The number of piperidine rings is 1. The van der Waals surface area contributed by atoms with Crippen LogP contribution in [0.5, 0.6) is 5.88 Å². The van der Waals surface area contributed by atoms with E-state index in [0.29, 0.717) is 30.2 Å². The molecule has 3 aromatic rings. The van der Waals surface area contributed by atoms with Crippen LogP contribution in [-0.2, 0) is 6.42 Å². The van der Waals surface area contributed by atoms with Crippen molar-refractivity contribution in [3.05, 3.63) is 53.7 Å². The Morgan fingerprint density at radius 3 is 2.71 bits per heavy atom. The Hall–Kier alpha value is -3.20. The number of hydrogen-bond donors (Lipinski definition) is 1. The average molecular weight is 425 g/mol. The molecular weight excluding hydrogens is 396 g/mol. The topological polar surface area (TPSA) is 98.3 Å². The lowest BCUT2D eigenvalue weighted by molar-refractivity contribution is 0.0913. The molecule has 9 nitrogen and oxygen atoms in total. The summed E-state index contributed by atoms with van der Waals surface area (Å²) in [6.07, 6.45) is 7.49. The molecule has 0 spiro atoms. The van der Waals surface area contributed by atoms with Gasteiger partial charge in [-0.25, -0.2) is 4.68 Å². The molecule has 0 radical (unpaired) electrons. The number of methoxy groups -OCH3 is 1. The molecule has 3 aromatic heterocycles. The van der Waals surface area contributed by atoms with Crippen LogP contribution >= 0.6 is 0 Å². The fourth-order valence-electron chi connectivity index (χ4n) is 4.04. The summed E-state index contributed by atoms with van der Waals surface area (Å²) in [4.78, 5) is 15.4. The first-order chi connectivity index (χ1) is 15.2. The molecule has 0 bridgehead atoms. The quantitative estimate of drug-likeness (QED) is 0.594. The SMILES string of the molecule is CCc1c(C(=O)NCC(c2ccco2)N2CCCCC2)cnn1-c1ccc(OC)nn1. The molecule has 0 saturated carbocycles. The van der Waals surface area contributed by atoms with Crippen LogP contribution in [0.3, 0.4) is 0 Å². The maximum atomic E-state index is 13.1. The molecule has 9 heteroatoms. The molecule has 4 rings (SSSR count). The molecule has 1 fully saturated rings. The number of ether oxygens (including phenoxy) is 1. The van der Waals surface area contributed by atoms with Gasteiger partial charge in [0.1, 0.15) is 5.76 Å². The summed E-state index contributed by atoms with van der Waals surface area (Å²) in [5, 5.41) is 15.6. The molecule has 1 N–H and O–H groups in total. The van der Waals surface area contributed by atoms with Crippen molar-refractivity contribution in [3.8, 4) is 11.7 Å². The largest absolute Gasteiger partial charge is 0.480 e. The van der Waals surface area contributed by atoms with Crippen LogP contribution in [0.15, 0.2) is 41.1 Å². The molecule has 1 amide bonds. The second-order valence-corrected chi connectivity index (χ2v) is 7.54. The number of rotatable bonds is 8. The van der Waals surface area contributed by atoms with E-state index < -0.39 is 0 Å². The molecule has 1 saturated heterocycles. The fourth-order valence-corrected chi connectivity index (χ4v) is 4.04. The summed E-state index contributed by atoms with van der Waals surface area (Å²) in [6, 6.07) is 7.37. The van der Waals surface area contributed by atoms with E-state index >= 15 is 0 Å². The number of aromatic nitrogens is 4. The minimum absolute atomic E-state index is 0.0202. The molecule has 0 aliphatic carbocycles. The van der Waals surface area contributed by atoms with Crippen LogP contribution < -0.4 is 10.1 Å². The van der Waals surface area contributed by atoms with E-state index in [1.807, 2.05) is 19.1 Å². The van der Waals surface area contributed by atoms with Crippen molar-refractivity contribution in [2.24, 2.45) is 0 Å². The van der Waals surface area contributed by atoms with Gasteiger partial charge in [-0.05, 0) is 50.6 Å². The van der Waals surface area contributed by atoms with Crippen molar-refractivity contribution in [1.82, 2.24) is 30.2 Å². The first-order valence-corrected chi connectivity index (χ1v) is 10.7. The van der Waals surface area contributed by atoms with Crippen LogP contribution in [0.4, 0.5) is 0 Å². The van der Waals surface area contributed by atoms with E-state index in [0.717, 1.165) is 24.5 Å². The Morgan fingerprint density at radius 2 is 2.06 bits per heavy atom. The fraction of sp³-hybridized carbons (Fsp3) is 0.455. The Labute approximate surface area is 181 Å². The number of carbonyl (C=O) groups is 1. The highest BCUT2D eigenvalue weighted by molar-refractivity contribution is 5.95. The third-order valence-corrected chi connectivity index (χ3v) is 5.66. The van der Waals surface area contributed by atoms with Crippen LogP contribution in [0.2, 0.25) is 0 Å². The lowest BCUT2D eigenvalue weighted by atomic mass is 10.1. The Balaban J connectivity index is 1.50. The summed E-state index contributed by atoms with van der Waals surface area (Å²) >= 11 is 0. The molecule has 0 aromatic carbocycles. The Bertz CT molecular complexity index is 977. The molecule has 1 aliphatic rings. The first-order valence-electron chi connectivity index (χ1n) is 10.7. The third kappa shape index (κ3) is 4.61. The van der Waals surface area contributed by atoms with Gasteiger partial charge in [0.25, 0.3) is 5.91 Å². The number of nitrogens with one attached hydrogen (secondary N) is 1. The normalized spacial score (nSPS) is 15.5. The molecular formula is C22H28N6O3. The molecule has 31 heavy (non-hydrogen) atoms. The van der Waals surface area contributed by atoms with Gasteiger partial charge < -0.3 is 14.5 Å². The summed E-state index contributed by atoms with van der Waals surface area (Å²) in [7, 11) is 1.54. The zero-order chi connectivity index (χ0) is 21.6. The predicted octanol–water partition coefficient (Wildman–Crippen LogP) is 2.78. The van der Waals surface area contributed by atoms with E-state index in [-0.39, 0.29) is 11.9 Å². The molecule has 1 atom stereocenters. The van der Waals surface area contributed by atoms with E-state index in [9.17, 15) is 4.79 Å². The molecule has 164 valence electrons. The van der Waals surface area contributed by atoms with Crippen LogP contribution in [0, 0.1) is 0 Å². The van der Waals surface area contributed by atoms with Gasteiger partial charge in [-0.3, -0.25) is 9.69 Å². The van der Waals surface area contributed by atoms with Gasteiger partial charge in [-0.2, -0.15) is 5.10 Å². The number of hydrogen-bond acceptors (Lipinski definition) is 7. The maximum Gasteiger partial charge on any atom is 0.254 e. The zero-order valence-corrected chi connectivity index (χ0v) is 18.0. The van der Waals surface area contributed by atoms with E-state index in [4.69, 9.17) is 9.15 Å². The summed E-state index contributed by atoms with van der Waals surface area (Å²) in [5.74, 6) is 1.69. The van der Waals surface area contributed by atoms with Gasteiger partial charge in [0, 0.05) is 12.6 Å². The van der Waals surface area contributed by atoms with Gasteiger partial charge in [0.15, 0.2) is 5.82 Å². The Kier molecular flexibility index (Phi) is 6.61. The number of furan rings is 1. The van der Waals surface area contributed by atoms with E-state index in [1.165, 1.54) is 26.4 Å². The zero-order valence-electron chi connectivity index (χ0n) is 18.0. The standard InChI is InChI=1S/C22H28N6O3/c1-3-17-16(14-24-28(17)20-9-10-21(30-2)26-25-20)22(29)23-15-18(19-8-7-13-31-19)27-11-5-4-6-12-27/h7-10,13-14,18H,3-6,11-12,15H2,1-2H3,(H,23,29). The van der Waals surface area contributed by atoms with Gasteiger partial charge in [-0.1, -0.05) is 13.3 Å². The second kappa shape index (κ2) is 9.74. The minimum Gasteiger partial charge on any atom is -0.480 e. The second-order valence-electron chi connectivity index (χ2n) is 7.54. The first kappa shape index (κ1) is 21.0. The van der Waals surface area contributed by atoms with Crippen molar-refractivity contribution in [2.75, 3.05) is 26.7 Å². The third-order valence-electron chi connectivity index (χ3n) is 5.66. The number of nitrogens with zero attached hydrogens (tertiary/aromatic N) is 5. The van der Waals surface area contributed by atoms with Gasteiger partial charge in [0.05, 0.1) is 36.9 Å². The lowest BCUT2D eigenvalue weighted by Gasteiger charge is -2.33. The van der Waals surface area contributed by atoms with Gasteiger partial charge in [-0.15, -0.1) is 10.2 Å². The van der Waals surface area contributed by atoms with Crippen molar-refractivity contribution in [2.45, 2.75) is 38.6 Å². The minimum atomic E-state index is -0.155. The van der Waals surface area contributed by atoms with Crippen molar-refractivity contribution in [3.63, 3.8) is 0 Å². The predicted molar refractivity (Wildman–Crippen MR) is 114 cm³/mol. The molecule has 4 heterocycles. The number of likely N-dealkylation sites (tertiary alicyclic amines) is 1. The molecule has 1 unspecified atom stereocenters. The summed E-state index contributed by atoms with van der Waals surface area (Å²) in [6.45, 7) is 4.48. The molecule has 1 aliphatic heterocycles. The monoisotopic (exact) mass is 424 g/mol. The number of carbonyl (C=O) groups excluding carboxylic acids is 1. The highest BCUT2D eigenvalue weighted by atomic mass is 16.5. The summed E-state index contributed by atoms with van der Waals surface area (Å²) < 4.78 is 12.4. The summed E-state index contributed by atoms with van der Waals surface area (Å²) in [5.41, 5.74) is 1.32. The van der Waals surface area contributed by atoms with Crippen LogP contribution in [0.25, 0.3) is 5.82 Å². The maximum absolute atomic E-state index is 13.1. The highest BCUT2D eigenvalue weighted by Crippen LogP contribution is 2.25. The lowest BCUT2D eigenvalue weighted by Crippen LogP contribution is -2.40. The van der Waals surface area contributed by atoms with Gasteiger partial charge >= 0.3 is 0 Å². The Morgan fingerprint density at radius 1 is 1.23 bits per heavy atom. The van der Waals surface area contributed by atoms with Crippen molar-refractivity contribution < 1.29 is 13.9 Å². The van der Waals surface area contributed by atoms with E-state index in [2.05, 4.69) is 25.5 Å². The van der Waals surface area contributed by atoms with Crippen LogP contribution in [-0.4, -0.2) is 57.5 Å². The smallest absolute Gasteiger partial charge is 0.254 e. The highest BCUT2D eigenvalue weighted by Gasteiger charge is 2.26. The van der Waals surface area contributed by atoms with Gasteiger partial charge in [0.2, 0.25) is 5.88 Å². The number of amides is 1. The van der Waals surface area contributed by atoms with Crippen molar-refractivity contribution in [1.29, 1.82) is 0 Å². The van der Waals surface area contributed by atoms with E-state index in [1.54, 1.807) is 29.3 Å². The van der Waals surface area contributed by atoms with Crippen LogP contribution in [0.1, 0.15) is 54.0 Å². The average Bonchev–Trinajstić information content (AvgIpc) is 3.50. The van der Waals surface area contributed by atoms with Crippen molar-refractivity contribution >= 4 is 5.91 Å².